The largest absolute Gasteiger partial charge is 0.481 e. The van der Waals surface area contributed by atoms with Crippen molar-refractivity contribution in [3.63, 3.8) is 0 Å². The Morgan fingerprint density at radius 2 is 2.11 bits per heavy atom. The van der Waals surface area contributed by atoms with Crippen LogP contribution in [0.25, 0.3) is 5.65 Å². The molecule has 8 heteroatoms. The number of alkyl halides is 3. The number of aryl methyl sites for hydroxylation is 1. The Morgan fingerprint density at radius 3 is 2.72 bits per heavy atom. The van der Waals surface area contributed by atoms with E-state index < -0.39 is 17.7 Å². The normalized spacial score (nSPS) is 11.9. The molecule has 0 atom stereocenters. The molecule has 0 aliphatic heterocycles. The number of fused-ring (bicyclic) bond motifs is 1. The first-order valence-corrected chi connectivity index (χ1v) is 4.99. The number of aromatic nitrogens is 3. The number of rotatable bonds is 3. The van der Waals surface area contributed by atoms with Gasteiger partial charge in [-0.15, -0.1) is 0 Å². The fourth-order valence-corrected chi connectivity index (χ4v) is 1.49. The van der Waals surface area contributed by atoms with Crippen molar-refractivity contribution in [1.82, 2.24) is 14.6 Å². The minimum atomic E-state index is -4.48. The van der Waals surface area contributed by atoms with Gasteiger partial charge in [0.05, 0.1) is 11.8 Å². The van der Waals surface area contributed by atoms with Gasteiger partial charge in [0.2, 0.25) is 0 Å². The first kappa shape index (κ1) is 12.3. The van der Waals surface area contributed by atoms with Gasteiger partial charge in [-0.2, -0.15) is 18.3 Å². The van der Waals surface area contributed by atoms with Crippen molar-refractivity contribution in [3.05, 3.63) is 29.7 Å². The van der Waals surface area contributed by atoms with E-state index in [1.54, 1.807) is 0 Å². The summed E-state index contributed by atoms with van der Waals surface area (Å²) < 4.78 is 38.3. The van der Waals surface area contributed by atoms with Crippen molar-refractivity contribution in [2.75, 3.05) is 0 Å². The average Bonchev–Trinajstić information content (AvgIpc) is 2.67. The minimum absolute atomic E-state index is 0.121. The van der Waals surface area contributed by atoms with E-state index in [2.05, 4.69) is 10.1 Å². The third kappa shape index (κ3) is 2.41. The van der Waals surface area contributed by atoms with Crippen LogP contribution >= 0.6 is 0 Å². The molecule has 18 heavy (non-hydrogen) atoms. The molecule has 96 valence electrons. The number of carboxylic acid groups (broad SMARTS) is 1. The maximum absolute atomic E-state index is 12.4. The van der Waals surface area contributed by atoms with Crippen LogP contribution in [-0.2, 0) is 17.4 Å². The molecule has 0 aliphatic carbocycles. The lowest BCUT2D eigenvalue weighted by Gasteiger charge is -2.05. The molecular weight excluding hydrogens is 251 g/mol. The van der Waals surface area contributed by atoms with Gasteiger partial charge >= 0.3 is 12.1 Å². The Kier molecular flexibility index (Phi) is 2.93. The highest BCUT2D eigenvalue weighted by atomic mass is 19.4. The molecule has 1 N–H and O–H groups in total. The first-order chi connectivity index (χ1) is 8.38. The fourth-order valence-electron chi connectivity index (χ4n) is 1.49. The predicted octanol–water partition coefficient (Wildman–Crippen LogP) is 1.77. The number of hydrogen-bond donors (Lipinski definition) is 1. The number of carbonyl (C=O) groups is 1. The fraction of sp³-hybridized carbons (Fsp3) is 0.300. The molecule has 0 bridgehead atoms. The summed E-state index contributed by atoms with van der Waals surface area (Å²) in [6.07, 6.45) is -1.56. The molecule has 2 heterocycles. The number of hydrogen-bond acceptors (Lipinski definition) is 3. The standard InChI is InChI=1S/C10H8F3N3O2/c11-10(12,13)7-4-14-9-6(1-2-8(17)18)3-15-16(9)5-7/h3-5H,1-2H2,(H,17,18). The molecule has 0 aromatic carbocycles. The molecule has 2 aromatic rings. The van der Waals surface area contributed by atoms with Gasteiger partial charge in [0.25, 0.3) is 0 Å². The van der Waals surface area contributed by atoms with E-state index in [4.69, 9.17) is 5.11 Å². The van der Waals surface area contributed by atoms with Crippen molar-refractivity contribution >= 4 is 11.6 Å². The molecule has 5 nitrogen and oxygen atoms in total. The number of nitrogens with zero attached hydrogens (tertiary/aromatic N) is 3. The Hall–Kier alpha value is -2.12. The molecule has 0 spiro atoms. The van der Waals surface area contributed by atoms with E-state index in [0.717, 1.165) is 10.7 Å². The SMILES string of the molecule is O=C(O)CCc1cnn2cc(C(F)(F)F)cnc12. The van der Waals surface area contributed by atoms with Gasteiger partial charge in [-0.3, -0.25) is 4.79 Å². The van der Waals surface area contributed by atoms with Crippen LogP contribution in [-0.4, -0.2) is 25.7 Å². The van der Waals surface area contributed by atoms with E-state index in [9.17, 15) is 18.0 Å². The van der Waals surface area contributed by atoms with Crippen LogP contribution < -0.4 is 0 Å². The van der Waals surface area contributed by atoms with Crippen LogP contribution in [0, 0.1) is 0 Å². The van der Waals surface area contributed by atoms with E-state index in [1.165, 1.54) is 6.20 Å². The predicted molar refractivity (Wildman–Crippen MR) is 53.9 cm³/mol. The van der Waals surface area contributed by atoms with Crippen molar-refractivity contribution < 1.29 is 23.1 Å². The average molecular weight is 259 g/mol. The zero-order valence-electron chi connectivity index (χ0n) is 8.98. The minimum Gasteiger partial charge on any atom is -0.481 e. The molecular formula is C10H8F3N3O2. The van der Waals surface area contributed by atoms with Gasteiger partial charge in [0.15, 0.2) is 5.65 Å². The van der Waals surface area contributed by atoms with Crippen LogP contribution in [0.4, 0.5) is 13.2 Å². The van der Waals surface area contributed by atoms with Gasteiger partial charge in [0, 0.05) is 24.4 Å². The number of carboxylic acids is 1. The molecule has 0 saturated heterocycles. The van der Waals surface area contributed by atoms with E-state index >= 15 is 0 Å². The third-order valence-corrected chi connectivity index (χ3v) is 2.37. The summed E-state index contributed by atoms with van der Waals surface area (Å²) in [5, 5.41) is 12.3. The summed E-state index contributed by atoms with van der Waals surface area (Å²) in [5.41, 5.74) is -0.154. The zero-order chi connectivity index (χ0) is 13.3. The molecule has 0 saturated carbocycles. The van der Waals surface area contributed by atoms with Crippen LogP contribution in [0.3, 0.4) is 0 Å². The summed E-state index contributed by atoms with van der Waals surface area (Å²) in [4.78, 5) is 14.1. The molecule has 0 amide bonds. The van der Waals surface area contributed by atoms with Crippen LogP contribution in [0.1, 0.15) is 17.5 Å². The van der Waals surface area contributed by atoms with Crippen molar-refractivity contribution in [2.45, 2.75) is 19.0 Å². The Balaban J connectivity index is 2.35. The lowest BCUT2D eigenvalue weighted by atomic mass is 10.2. The molecule has 0 fully saturated rings. The summed E-state index contributed by atoms with van der Waals surface area (Å²) >= 11 is 0. The topological polar surface area (TPSA) is 67.5 Å². The van der Waals surface area contributed by atoms with Gasteiger partial charge < -0.3 is 5.11 Å². The van der Waals surface area contributed by atoms with Crippen LogP contribution in [0.2, 0.25) is 0 Å². The summed E-state index contributed by atoms with van der Waals surface area (Å²) in [5.74, 6) is -0.985. The zero-order valence-corrected chi connectivity index (χ0v) is 8.98. The summed E-state index contributed by atoms with van der Waals surface area (Å²) in [6, 6.07) is 0. The Morgan fingerprint density at radius 1 is 1.39 bits per heavy atom. The lowest BCUT2D eigenvalue weighted by molar-refractivity contribution is -0.138. The van der Waals surface area contributed by atoms with E-state index in [-0.39, 0.29) is 18.5 Å². The van der Waals surface area contributed by atoms with Crippen molar-refractivity contribution in [3.8, 4) is 0 Å². The molecule has 2 aromatic heterocycles. The van der Waals surface area contributed by atoms with Crippen LogP contribution in [0.15, 0.2) is 18.6 Å². The highest BCUT2D eigenvalue weighted by molar-refractivity contribution is 5.67. The second-order valence-corrected chi connectivity index (χ2v) is 3.67. The van der Waals surface area contributed by atoms with Gasteiger partial charge in [0.1, 0.15) is 0 Å². The highest BCUT2D eigenvalue weighted by Crippen LogP contribution is 2.28. The summed E-state index contributed by atoms with van der Waals surface area (Å²) in [7, 11) is 0. The second-order valence-electron chi connectivity index (χ2n) is 3.67. The van der Waals surface area contributed by atoms with Crippen molar-refractivity contribution in [2.24, 2.45) is 0 Å². The van der Waals surface area contributed by atoms with Crippen LogP contribution in [0.5, 0.6) is 0 Å². The van der Waals surface area contributed by atoms with E-state index in [1.807, 2.05) is 0 Å². The maximum atomic E-state index is 12.4. The smallest absolute Gasteiger partial charge is 0.419 e. The molecule has 0 radical (unpaired) electrons. The third-order valence-electron chi connectivity index (χ3n) is 2.37. The lowest BCUT2D eigenvalue weighted by Crippen LogP contribution is -2.08. The maximum Gasteiger partial charge on any atom is 0.419 e. The highest BCUT2D eigenvalue weighted by Gasteiger charge is 2.31. The van der Waals surface area contributed by atoms with Gasteiger partial charge in [-0.1, -0.05) is 0 Å². The quantitative estimate of drug-likeness (QED) is 0.912. The van der Waals surface area contributed by atoms with Gasteiger partial charge in [-0.05, 0) is 6.42 Å². The molecule has 0 aliphatic rings. The monoisotopic (exact) mass is 259 g/mol. The molecule has 0 unspecified atom stereocenters. The van der Waals surface area contributed by atoms with E-state index in [0.29, 0.717) is 11.8 Å². The first-order valence-electron chi connectivity index (χ1n) is 4.99. The van der Waals surface area contributed by atoms with Crippen molar-refractivity contribution in [1.29, 1.82) is 0 Å². The number of aliphatic carboxylic acids is 1. The Labute approximate surface area is 98.9 Å². The second kappa shape index (κ2) is 4.28. The Bertz CT molecular complexity index is 592. The number of halogens is 3. The van der Waals surface area contributed by atoms with Gasteiger partial charge in [-0.25, -0.2) is 9.50 Å². The molecule has 2 rings (SSSR count). The summed E-state index contributed by atoms with van der Waals surface area (Å²) in [6.45, 7) is 0.